The second-order valence-corrected chi connectivity index (χ2v) is 10.1. The quantitative estimate of drug-likeness (QED) is 0.236. The molecule has 172 valence electrons. The van der Waals surface area contributed by atoms with Crippen LogP contribution in [0.4, 0.5) is 5.69 Å². The number of phenolic OH excluding ortho intramolecular Hbond substituents is 1. The summed E-state index contributed by atoms with van der Waals surface area (Å²) in [4.78, 5) is 10.9. The molecule has 0 aromatic heterocycles. The Bertz CT molecular complexity index is 1150. The predicted molar refractivity (Wildman–Crippen MR) is 137 cm³/mol. The minimum absolute atomic E-state index is 0.193. The molecule has 0 saturated heterocycles. The number of anilines is 1. The van der Waals surface area contributed by atoms with Crippen LogP contribution in [0.3, 0.4) is 0 Å². The Morgan fingerprint density at radius 1 is 0.879 bits per heavy atom. The molecule has 0 heterocycles. The van der Waals surface area contributed by atoms with Gasteiger partial charge in [-0.05, 0) is 88.4 Å². The molecule has 0 amide bonds. The third kappa shape index (κ3) is 5.64. The molecule has 0 saturated carbocycles. The number of aryl methyl sites for hydroxylation is 1. The number of aromatic carboxylic acids is 1. The molecule has 0 atom stereocenters. The SMILES string of the molecule is Cc1cc2c(cc1/C=C/c1ccc(C(=O)O)cc1)C(C)(C)CC2(C)C.Nc1ccc(O)cc1. The highest BCUT2D eigenvalue weighted by Crippen LogP contribution is 2.50. The van der Waals surface area contributed by atoms with Gasteiger partial charge in [-0.15, -0.1) is 0 Å². The number of carboxylic acid groups (broad SMARTS) is 1. The van der Waals surface area contributed by atoms with Crippen LogP contribution in [0.5, 0.6) is 5.75 Å². The van der Waals surface area contributed by atoms with Crippen molar-refractivity contribution in [3.05, 3.63) is 94.0 Å². The number of hydrogen-bond acceptors (Lipinski definition) is 3. The number of phenols is 1. The molecule has 0 radical (unpaired) electrons. The first kappa shape index (κ1) is 24.1. The van der Waals surface area contributed by atoms with Gasteiger partial charge in [-0.25, -0.2) is 4.79 Å². The Morgan fingerprint density at radius 3 is 1.94 bits per heavy atom. The largest absolute Gasteiger partial charge is 0.508 e. The van der Waals surface area contributed by atoms with Crippen molar-refractivity contribution in [2.45, 2.75) is 51.9 Å². The molecule has 3 aromatic rings. The van der Waals surface area contributed by atoms with E-state index in [1.165, 1.54) is 28.7 Å². The standard InChI is InChI=1S/C23H26O2.C6H7NO/c1-15-12-19-20(23(4,5)14-22(19,2)3)13-18(15)11-8-16-6-9-17(10-7-16)21(24)25;7-5-1-3-6(8)4-2-5/h6-13H,14H2,1-5H3,(H,24,25);1-4,8H,7H2/b11-8+;. The lowest BCUT2D eigenvalue weighted by molar-refractivity contribution is 0.0697. The van der Waals surface area contributed by atoms with Crippen molar-refractivity contribution in [1.29, 1.82) is 0 Å². The van der Waals surface area contributed by atoms with Crippen LogP contribution in [-0.4, -0.2) is 16.2 Å². The zero-order valence-corrected chi connectivity index (χ0v) is 20.0. The number of hydrogen-bond donors (Lipinski definition) is 3. The van der Waals surface area contributed by atoms with Gasteiger partial charge in [-0.2, -0.15) is 0 Å². The van der Waals surface area contributed by atoms with Gasteiger partial charge in [0.1, 0.15) is 5.75 Å². The van der Waals surface area contributed by atoms with Crippen molar-refractivity contribution in [1.82, 2.24) is 0 Å². The van der Waals surface area contributed by atoms with E-state index in [9.17, 15) is 4.79 Å². The number of rotatable bonds is 3. The third-order valence-electron chi connectivity index (χ3n) is 6.25. The van der Waals surface area contributed by atoms with Crippen LogP contribution < -0.4 is 5.73 Å². The summed E-state index contributed by atoms with van der Waals surface area (Å²) in [6.45, 7) is 11.5. The maximum atomic E-state index is 10.9. The minimum atomic E-state index is -0.894. The lowest BCUT2D eigenvalue weighted by atomic mass is 9.82. The maximum absolute atomic E-state index is 10.9. The van der Waals surface area contributed by atoms with Crippen LogP contribution in [-0.2, 0) is 10.8 Å². The van der Waals surface area contributed by atoms with Gasteiger partial charge in [0.15, 0.2) is 0 Å². The molecule has 4 N–H and O–H groups in total. The number of nitrogens with two attached hydrogens (primary N) is 1. The molecule has 33 heavy (non-hydrogen) atoms. The van der Waals surface area contributed by atoms with Crippen LogP contribution >= 0.6 is 0 Å². The van der Waals surface area contributed by atoms with E-state index < -0.39 is 5.97 Å². The van der Waals surface area contributed by atoms with Crippen LogP contribution in [0.1, 0.15) is 72.3 Å². The molecule has 1 aliphatic rings. The Morgan fingerprint density at radius 2 is 1.42 bits per heavy atom. The molecule has 0 bridgehead atoms. The van der Waals surface area contributed by atoms with Crippen molar-refractivity contribution in [3.8, 4) is 5.75 Å². The monoisotopic (exact) mass is 443 g/mol. The Labute approximate surface area is 196 Å². The average molecular weight is 444 g/mol. The number of nitrogen functional groups attached to an aromatic ring is 1. The summed E-state index contributed by atoms with van der Waals surface area (Å²) in [5, 5.41) is 17.7. The molecular formula is C29H33NO3. The summed E-state index contributed by atoms with van der Waals surface area (Å²) in [5.74, 6) is -0.644. The highest BCUT2D eigenvalue weighted by Gasteiger charge is 2.41. The minimum Gasteiger partial charge on any atom is -0.508 e. The van der Waals surface area contributed by atoms with E-state index in [-0.39, 0.29) is 16.6 Å². The first-order valence-corrected chi connectivity index (χ1v) is 11.1. The fourth-order valence-corrected chi connectivity index (χ4v) is 4.72. The Kier molecular flexibility index (Phi) is 6.68. The summed E-state index contributed by atoms with van der Waals surface area (Å²) >= 11 is 0. The zero-order valence-electron chi connectivity index (χ0n) is 20.0. The Balaban J connectivity index is 0.000000323. The first-order valence-electron chi connectivity index (χ1n) is 11.1. The number of carbonyl (C=O) groups is 1. The van der Waals surface area contributed by atoms with Crippen molar-refractivity contribution in [3.63, 3.8) is 0 Å². The molecule has 3 aromatic carbocycles. The summed E-state index contributed by atoms with van der Waals surface area (Å²) in [6, 6.07) is 18.0. The van der Waals surface area contributed by atoms with E-state index in [4.69, 9.17) is 15.9 Å². The molecule has 4 rings (SSSR count). The number of fused-ring (bicyclic) bond motifs is 1. The van der Waals surface area contributed by atoms with Crippen molar-refractivity contribution < 1.29 is 15.0 Å². The normalized spacial score (nSPS) is 15.5. The summed E-state index contributed by atoms with van der Waals surface area (Å²) in [7, 11) is 0. The summed E-state index contributed by atoms with van der Waals surface area (Å²) in [5.41, 5.74) is 13.1. The Hall–Kier alpha value is -3.53. The summed E-state index contributed by atoms with van der Waals surface area (Å²) in [6.07, 6.45) is 5.35. The molecular weight excluding hydrogens is 410 g/mol. The molecule has 0 fully saturated rings. The van der Waals surface area contributed by atoms with Crippen LogP contribution in [0.25, 0.3) is 12.2 Å². The van der Waals surface area contributed by atoms with Crippen molar-refractivity contribution in [2.24, 2.45) is 0 Å². The van der Waals surface area contributed by atoms with Gasteiger partial charge >= 0.3 is 5.97 Å². The number of carboxylic acids is 1. The molecule has 0 unspecified atom stereocenters. The van der Waals surface area contributed by atoms with E-state index in [0.717, 1.165) is 5.56 Å². The van der Waals surface area contributed by atoms with E-state index in [1.54, 1.807) is 36.4 Å². The van der Waals surface area contributed by atoms with Crippen molar-refractivity contribution in [2.75, 3.05) is 5.73 Å². The first-order chi connectivity index (χ1) is 15.4. The fourth-order valence-electron chi connectivity index (χ4n) is 4.72. The predicted octanol–water partition coefficient (Wildman–Crippen LogP) is 6.80. The highest BCUT2D eigenvalue weighted by atomic mass is 16.4. The lowest BCUT2D eigenvalue weighted by Crippen LogP contribution is -2.17. The van der Waals surface area contributed by atoms with E-state index in [1.807, 2.05) is 18.2 Å². The molecule has 0 spiro atoms. The molecule has 0 aliphatic heterocycles. The van der Waals surface area contributed by atoms with Gasteiger partial charge in [0, 0.05) is 5.69 Å². The van der Waals surface area contributed by atoms with Gasteiger partial charge in [0.2, 0.25) is 0 Å². The second kappa shape index (κ2) is 9.14. The molecule has 4 heteroatoms. The van der Waals surface area contributed by atoms with Gasteiger partial charge < -0.3 is 15.9 Å². The van der Waals surface area contributed by atoms with Crippen LogP contribution in [0, 0.1) is 6.92 Å². The van der Waals surface area contributed by atoms with E-state index >= 15 is 0 Å². The number of benzene rings is 3. The van der Waals surface area contributed by atoms with Gasteiger partial charge in [-0.1, -0.05) is 64.1 Å². The summed E-state index contributed by atoms with van der Waals surface area (Å²) < 4.78 is 0. The van der Waals surface area contributed by atoms with Gasteiger partial charge in [-0.3, -0.25) is 0 Å². The van der Waals surface area contributed by atoms with E-state index in [0.29, 0.717) is 11.3 Å². The zero-order chi connectivity index (χ0) is 24.4. The van der Waals surface area contributed by atoms with Crippen LogP contribution in [0.15, 0.2) is 60.7 Å². The fraction of sp³-hybridized carbons (Fsp3) is 0.276. The average Bonchev–Trinajstić information content (AvgIpc) is 2.92. The van der Waals surface area contributed by atoms with Crippen molar-refractivity contribution >= 4 is 23.8 Å². The lowest BCUT2D eigenvalue weighted by Gasteiger charge is -2.22. The maximum Gasteiger partial charge on any atom is 0.335 e. The van der Waals surface area contributed by atoms with Crippen LogP contribution in [0.2, 0.25) is 0 Å². The second-order valence-electron chi connectivity index (χ2n) is 10.1. The highest BCUT2D eigenvalue weighted by molar-refractivity contribution is 5.88. The molecule has 1 aliphatic carbocycles. The van der Waals surface area contributed by atoms with Gasteiger partial charge in [0.05, 0.1) is 5.56 Å². The molecule has 4 nitrogen and oxygen atoms in total. The number of aromatic hydroxyl groups is 1. The smallest absolute Gasteiger partial charge is 0.335 e. The van der Waals surface area contributed by atoms with Gasteiger partial charge in [0.25, 0.3) is 0 Å². The topological polar surface area (TPSA) is 83.5 Å². The van der Waals surface area contributed by atoms with E-state index in [2.05, 4.69) is 52.8 Å². The third-order valence-corrected chi connectivity index (χ3v) is 6.25.